The second-order valence-electron chi connectivity index (χ2n) is 8.03. The Morgan fingerprint density at radius 1 is 1.03 bits per heavy atom. The van der Waals surface area contributed by atoms with Gasteiger partial charge in [-0.2, -0.15) is 0 Å². The van der Waals surface area contributed by atoms with Gasteiger partial charge in [0.25, 0.3) is 11.5 Å². The highest BCUT2D eigenvalue weighted by atomic mass is 32.1. The van der Waals surface area contributed by atoms with Crippen molar-refractivity contribution < 1.29 is 19.0 Å². The molecule has 2 aromatic heterocycles. The zero-order chi connectivity index (χ0) is 24.1. The van der Waals surface area contributed by atoms with Crippen LogP contribution in [0.2, 0.25) is 0 Å². The molecule has 0 atom stereocenters. The number of rotatable bonds is 9. The van der Waals surface area contributed by atoms with Crippen LogP contribution in [0, 0.1) is 0 Å². The van der Waals surface area contributed by atoms with E-state index in [1.54, 1.807) is 15.7 Å². The number of fused-ring (bicyclic) bond motifs is 3. The van der Waals surface area contributed by atoms with E-state index >= 15 is 0 Å². The van der Waals surface area contributed by atoms with Gasteiger partial charge in [0.15, 0.2) is 16.5 Å². The Morgan fingerprint density at radius 3 is 2.38 bits per heavy atom. The Morgan fingerprint density at radius 2 is 1.71 bits per heavy atom. The number of carbonyl (C=O) groups excluding carboxylic acids is 1. The molecule has 0 unspecified atom stereocenters. The molecule has 34 heavy (non-hydrogen) atoms. The number of hydrogen-bond acceptors (Lipinski definition) is 7. The molecule has 0 fully saturated rings. The standard InChI is InChI=1S/C25H31N3O5S/c1-4-31-19-12-16(13-20(32-5-2)22(19)33-6-3)14-26-23(29)17-15-27-25-28(24(17)30)18-10-8-7-9-11-21(18)34-25/h12-13,15H,4-11,14H2,1-3H3,(H,26,29). The van der Waals surface area contributed by atoms with Crippen LogP contribution in [-0.4, -0.2) is 35.1 Å². The molecule has 1 amide bonds. The van der Waals surface area contributed by atoms with Crippen molar-refractivity contribution >= 4 is 22.2 Å². The van der Waals surface area contributed by atoms with Crippen LogP contribution in [0.4, 0.5) is 0 Å². The maximum atomic E-state index is 13.2. The molecule has 1 N–H and O–H groups in total. The molecule has 0 radical (unpaired) electrons. The van der Waals surface area contributed by atoms with Crippen molar-refractivity contribution in [3.8, 4) is 17.2 Å². The summed E-state index contributed by atoms with van der Waals surface area (Å²) in [6.07, 6.45) is 6.52. The fraction of sp³-hybridized carbons (Fsp3) is 0.480. The van der Waals surface area contributed by atoms with Crippen LogP contribution in [0.5, 0.6) is 17.2 Å². The highest BCUT2D eigenvalue weighted by molar-refractivity contribution is 7.17. The first-order valence-corrected chi connectivity index (χ1v) is 12.7. The van der Waals surface area contributed by atoms with Crippen LogP contribution in [0.15, 0.2) is 23.1 Å². The van der Waals surface area contributed by atoms with Gasteiger partial charge < -0.3 is 19.5 Å². The van der Waals surface area contributed by atoms with Gasteiger partial charge in [0.05, 0.1) is 19.8 Å². The molecule has 1 aliphatic carbocycles. The molecular weight excluding hydrogens is 454 g/mol. The van der Waals surface area contributed by atoms with Gasteiger partial charge in [0, 0.05) is 23.3 Å². The average Bonchev–Trinajstić information content (AvgIpc) is 3.02. The molecule has 0 saturated carbocycles. The van der Waals surface area contributed by atoms with Crippen LogP contribution >= 0.6 is 11.3 Å². The summed E-state index contributed by atoms with van der Waals surface area (Å²) < 4.78 is 18.9. The van der Waals surface area contributed by atoms with Crippen molar-refractivity contribution in [1.29, 1.82) is 0 Å². The minimum atomic E-state index is -0.453. The summed E-state index contributed by atoms with van der Waals surface area (Å²) in [6.45, 7) is 7.30. The number of nitrogens with one attached hydrogen (secondary N) is 1. The fourth-order valence-electron chi connectivity index (χ4n) is 4.22. The van der Waals surface area contributed by atoms with E-state index in [0.29, 0.717) is 42.0 Å². The van der Waals surface area contributed by atoms with Crippen molar-refractivity contribution in [1.82, 2.24) is 14.7 Å². The predicted octanol–water partition coefficient (Wildman–Crippen LogP) is 4.15. The lowest BCUT2D eigenvalue weighted by Gasteiger charge is -2.17. The van der Waals surface area contributed by atoms with Crippen LogP contribution < -0.4 is 25.1 Å². The van der Waals surface area contributed by atoms with E-state index in [0.717, 1.165) is 43.4 Å². The van der Waals surface area contributed by atoms with E-state index in [1.165, 1.54) is 11.1 Å². The molecule has 9 heteroatoms. The number of carbonyl (C=O) groups is 1. The lowest BCUT2D eigenvalue weighted by atomic mass is 10.1. The topological polar surface area (TPSA) is 91.2 Å². The molecule has 1 aliphatic rings. The molecule has 8 nitrogen and oxygen atoms in total. The van der Waals surface area contributed by atoms with Crippen LogP contribution in [0.3, 0.4) is 0 Å². The van der Waals surface area contributed by atoms with Crippen molar-refractivity contribution in [3.63, 3.8) is 0 Å². The van der Waals surface area contributed by atoms with Crippen molar-refractivity contribution in [2.24, 2.45) is 0 Å². The van der Waals surface area contributed by atoms with E-state index in [2.05, 4.69) is 10.3 Å². The van der Waals surface area contributed by atoms with E-state index in [1.807, 2.05) is 32.9 Å². The second kappa shape index (κ2) is 10.9. The van der Waals surface area contributed by atoms with Gasteiger partial charge in [-0.3, -0.25) is 14.0 Å². The first kappa shape index (κ1) is 24.1. The number of nitrogens with zero attached hydrogens (tertiary/aromatic N) is 2. The largest absolute Gasteiger partial charge is 0.490 e. The first-order valence-electron chi connectivity index (χ1n) is 11.9. The van der Waals surface area contributed by atoms with E-state index < -0.39 is 5.91 Å². The van der Waals surface area contributed by atoms with Crippen LogP contribution in [0.25, 0.3) is 4.96 Å². The minimum Gasteiger partial charge on any atom is -0.490 e. The summed E-state index contributed by atoms with van der Waals surface area (Å²) >= 11 is 1.56. The Kier molecular flexibility index (Phi) is 7.72. The molecule has 182 valence electrons. The number of aromatic nitrogens is 2. The van der Waals surface area contributed by atoms with E-state index in [-0.39, 0.29) is 17.7 Å². The molecule has 3 aromatic rings. The van der Waals surface area contributed by atoms with Gasteiger partial charge in [-0.1, -0.05) is 6.42 Å². The van der Waals surface area contributed by atoms with Crippen molar-refractivity contribution in [2.45, 2.75) is 59.4 Å². The lowest BCUT2D eigenvalue weighted by Crippen LogP contribution is -2.31. The predicted molar refractivity (Wildman–Crippen MR) is 132 cm³/mol. The van der Waals surface area contributed by atoms with Crippen LogP contribution in [0.1, 0.15) is 66.5 Å². The molecule has 0 aliphatic heterocycles. The van der Waals surface area contributed by atoms with Crippen molar-refractivity contribution in [2.75, 3.05) is 19.8 Å². The van der Waals surface area contributed by atoms with Crippen LogP contribution in [-0.2, 0) is 19.4 Å². The van der Waals surface area contributed by atoms with Gasteiger partial charge in [0.1, 0.15) is 5.56 Å². The van der Waals surface area contributed by atoms with Gasteiger partial charge in [0.2, 0.25) is 5.75 Å². The lowest BCUT2D eigenvalue weighted by molar-refractivity contribution is 0.0948. The number of thiazole rings is 1. The fourth-order valence-corrected chi connectivity index (χ4v) is 5.39. The number of ether oxygens (including phenoxy) is 3. The zero-order valence-electron chi connectivity index (χ0n) is 19.9. The number of benzene rings is 1. The van der Waals surface area contributed by atoms with Gasteiger partial charge in [-0.05, 0) is 64.2 Å². The molecule has 2 heterocycles. The number of aryl methyl sites for hydroxylation is 2. The molecule has 0 saturated heterocycles. The molecule has 0 bridgehead atoms. The van der Waals surface area contributed by atoms with Gasteiger partial charge in [-0.15, -0.1) is 11.3 Å². The Hall–Kier alpha value is -3.07. The van der Waals surface area contributed by atoms with Crippen molar-refractivity contribution in [3.05, 3.63) is 50.4 Å². The summed E-state index contributed by atoms with van der Waals surface area (Å²) in [4.78, 5) is 32.5. The summed E-state index contributed by atoms with van der Waals surface area (Å²) in [7, 11) is 0. The third-order valence-corrected chi connectivity index (χ3v) is 6.88. The van der Waals surface area contributed by atoms with E-state index in [9.17, 15) is 9.59 Å². The Balaban J connectivity index is 1.59. The molecule has 0 spiro atoms. The van der Waals surface area contributed by atoms with Gasteiger partial charge >= 0.3 is 0 Å². The third-order valence-electron chi connectivity index (χ3n) is 5.72. The third kappa shape index (κ3) is 4.89. The minimum absolute atomic E-state index is 0.0448. The molecule has 4 rings (SSSR count). The Labute approximate surface area is 202 Å². The molecular formula is C25H31N3O5S. The zero-order valence-corrected chi connectivity index (χ0v) is 20.8. The number of amides is 1. The Bertz CT molecular complexity index is 1210. The maximum absolute atomic E-state index is 13.2. The average molecular weight is 486 g/mol. The second-order valence-corrected chi connectivity index (χ2v) is 9.09. The maximum Gasteiger partial charge on any atom is 0.271 e. The quantitative estimate of drug-likeness (QED) is 0.458. The van der Waals surface area contributed by atoms with Gasteiger partial charge in [-0.25, -0.2) is 4.98 Å². The number of hydrogen-bond donors (Lipinski definition) is 1. The first-order chi connectivity index (χ1) is 16.6. The SMILES string of the molecule is CCOc1cc(CNC(=O)c2cnc3sc4c(n3c2=O)CCCCC4)cc(OCC)c1OCC. The monoisotopic (exact) mass is 485 g/mol. The van der Waals surface area contributed by atoms with E-state index in [4.69, 9.17) is 14.2 Å². The summed E-state index contributed by atoms with van der Waals surface area (Å²) in [6, 6.07) is 3.65. The highest BCUT2D eigenvalue weighted by Crippen LogP contribution is 2.39. The smallest absolute Gasteiger partial charge is 0.271 e. The highest BCUT2D eigenvalue weighted by Gasteiger charge is 2.21. The summed E-state index contributed by atoms with van der Waals surface area (Å²) in [5.74, 6) is 1.21. The summed E-state index contributed by atoms with van der Waals surface area (Å²) in [5, 5.41) is 2.85. The normalized spacial score (nSPS) is 13.3. The summed E-state index contributed by atoms with van der Waals surface area (Å²) in [5.41, 5.74) is 1.53. The molecule has 1 aromatic carbocycles.